The van der Waals surface area contributed by atoms with E-state index in [4.69, 9.17) is 18.5 Å². The van der Waals surface area contributed by atoms with Crippen LogP contribution in [-0.4, -0.2) is 37.9 Å². The van der Waals surface area contributed by atoms with Crippen molar-refractivity contribution in [2.45, 2.75) is 20.4 Å². The lowest BCUT2D eigenvalue weighted by Gasteiger charge is -2.15. The molecule has 11 heteroatoms. The SMILES string of the molecule is COC(=O)c1cc(=O)n(Cc2ccc(-c3noc(C)n3)cc2)c2ccc(Oc3cccc(-c4noc(C)n4)c3)cc12. The summed E-state index contributed by atoms with van der Waals surface area (Å²) in [5.41, 5.74) is 2.76. The Kier molecular flexibility index (Phi) is 6.60. The maximum Gasteiger partial charge on any atom is 0.338 e. The second-order valence-electron chi connectivity index (χ2n) is 9.25. The van der Waals surface area contributed by atoms with Crippen molar-refractivity contribution < 1.29 is 23.3 Å². The number of nitrogens with zero attached hydrogens (tertiary/aromatic N) is 5. The van der Waals surface area contributed by atoms with E-state index >= 15 is 0 Å². The average Bonchev–Trinajstić information content (AvgIpc) is 3.62. The second kappa shape index (κ2) is 10.5. The predicted molar refractivity (Wildman–Crippen MR) is 148 cm³/mol. The first-order valence-corrected chi connectivity index (χ1v) is 12.6. The number of hydrogen-bond acceptors (Lipinski definition) is 10. The van der Waals surface area contributed by atoms with Gasteiger partial charge in [-0.2, -0.15) is 9.97 Å². The molecule has 0 amide bonds. The van der Waals surface area contributed by atoms with Crippen LogP contribution in [0.5, 0.6) is 11.5 Å². The Morgan fingerprint density at radius 2 is 1.51 bits per heavy atom. The fraction of sp³-hybridized carbons (Fsp3) is 0.133. The molecule has 0 aliphatic carbocycles. The van der Waals surface area contributed by atoms with Crippen LogP contribution in [0.15, 0.2) is 86.6 Å². The molecule has 0 unspecified atom stereocenters. The molecule has 0 spiro atoms. The minimum absolute atomic E-state index is 0.146. The number of fused-ring (bicyclic) bond motifs is 1. The van der Waals surface area contributed by atoms with Crippen LogP contribution in [0.3, 0.4) is 0 Å². The highest BCUT2D eigenvalue weighted by atomic mass is 16.5. The number of carbonyl (C=O) groups excluding carboxylic acids is 1. The van der Waals surface area contributed by atoms with E-state index in [1.54, 1.807) is 48.7 Å². The van der Waals surface area contributed by atoms with Gasteiger partial charge in [0.15, 0.2) is 0 Å². The molecule has 0 aliphatic rings. The average molecular weight is 550 g/mol. The van der Waals surface area contributed by atoms with Crippen LogP contribution in [0.4, 0.5) is 0 Å². The predicted octanol–water partition coefficient (Wildman–Crippen LogP) is 5.35. The molecule has 11 nitrogen and oxygen atoms in total. The summed E-state index contributed by atoms with van der Waals surface area (Å²) in [5, 5.41) is 8.41. The van der Waals surface area contributed by atoms with Gasteiger partial charge in [-0.05, 0) is 35.9 Å². The van der Waals surface area contributed by atoms with E-state index in [1.807, 2.05) is 36.4 Å². The van der Waals surface area contributed by atoms with Gasteiger partial charge in [0.2, 0.25) is 23.4 Å². The van der Waals surface area contributed by atoms with Gasteiger partial charge in [0.25, 0.3) is 5.56 Å². The standard InChI is InChI=1S/C30H23N5O6/c1-17-31-28(33-40-17)20-9-7-19(8-10-20)16-35-26-12-11-23(14-24(26)25(15-27(35)36)30(37)38-3)39-22-6-4-5-21(13-22)29-32-18(2)41-34-29/h4-15H,16H2,1-3H3. The Hall–Kier alpha value is -5.58. The van der Waals surface area contributed by atoms with Gasteiger partial charge in [-0.3, -0.25) is 4.79 Å². The molecule has 0 N–H and O–H groups in total. The molecule has 3 aromatic carbocycles. The lowest BCUT2D eigenvalue weighted by Crippen LogP contribution is -2.23. The Morgan fingerprint density at radius 1 is 0.829 bits per heavy atom. The van der Waals surface area contributed by atoms with Crippen molar-refractivity contribution in [2.24, 2.45) is 0 Å². The minimum atomic E-state index is -0.620. The van der Waals surface area contributed by atoms with E-state index < -0.39 is 5.97 Å². The topological polar surface area (TPSA) is 135 Å². The van der Waals surface area contributed by atoms with Crippen molar-refractivity contribution in [1.82, 2.24) is 24.8 Å². The van der Waals surface area contributed by atoms with Crippen molar-refractivity contribution >= 4 is 16.9 Å². The number of benzene rings is 3. The summed E-state index contributed by atoms with van der Waals surface area (Å²) < 4.78 is 22.8. The van der Waals surface area contributed by atoms with Crippen LogP contribution in [0, 0.1) is 13.8 Å². The zero-order chi connectivity index (χ0) is 28.5. The van der Waals surface area contributed by atoms with E-state index in [1.165, 1.54) is 13.2 Å². The number of esters is 1. The number of aromatic nitrogens is 5. The Morgan fingerprint density at radius 3 is 2.17 bits per heavy atom. The summed E-state index contributed by atoms with van der Waals surface area (Å²) in [4.78, 5) is 34.3. The lowest BCUT2D eigenvalue weighted by molar-refractivity contribution is 0.0602. The van der Waals surface area contributed by atoms with Gasteiger partial charge >= 0.3 is 5.97 Å². The van der Waals surface area contributed by atoms with Gasteiger partial charge in [0.1, 0.15) is 11.5 Å². The molecule has 0 aliphatic heterocycles. The number of ether oxygens (including phenoxy) is 2. The van der Waals surface area contributed by atoms with Crippen LogP contribution in [-0.2, 0) is 11.3 Å². The normalized spacial score (nSPS) is 11.1. The van der Waals surface area contributed by atoms with Crippen LogP contribution >= 0.6 is 0 Å². The quantitative estimate of drug-likeness (QED) is 0.240. The number of hydrogen-bond donors (Lipinski definition) is 0. The molecule has 3 heterocycles. The van der Waals surface area contributed by atoms with E-state index in [2.05, 4.69) is 20.3 Å². The van der Waals surface area contributed by atoms with Crippen LogP contribution < -0.4 is 10.3 Å². The molecule has 6 aromatic rings. The Labute approximate surface area is 233 Å². The number of pyridine rings is 1. The van der Waals surface area contributed by atoms with Gasteiger partial charge in [0.05, 0.1) is 24.7 Å². The molecule has 0 saturated carbocycles. The van der Waals surface area contributed by atoms with Crippen molar-refractivity contribution in [3.63, 3.8) is 0 Å². The molecule has 0 bridgehead atoms. The molecule has 41 heavy (non-hydrogen) atoms. The zero-order valence-corrected chi connectivity index (χ0v) is 22.3. The van der Waals surface area contributed by atoms with Crippen molar-refractivity contribution in [2.75, 3.05) is 7.11 Å². The highest BCUT2D eigenvalue weighted by Gasteiger charge is 2.17. The molecule has 6 rings (SSSR count). The smallest absolute Gasteiger partial charge is 0.338 e. The summed E-state index contributed by atoms with van der Waals surface area (Å²) in [7, 11) is 1.28. The second-order valence-corrected chi connectivity index (χ2v) is 9.25. The maximum absolute atomic E-state index is 13.2. The van der Waals surface area contributed by atoms with E-state index in [-0.39, 0.29) is 17.7 Å². The van der Waals surface area contributed by atoms with Crippen molar-refractivity contribution in [3.05, 3.63) is 106 Å². The first kappa shape index (κ1) is 25.7. The molecule has 0 radical (unpaired) electrons. The molecule has 0 atom stereocenters. The molecular weight excluding hydrogens is 526 g/mol. The lowest BCUT2D eigenvalue weighted by atomic mass is 10.1. The first-order valence-electron chi connectivity index (χ1n) is 12.6. The summed E-state index contributed by atoms with van der Waals surface area (Å²) in [5.74, 6) is 2.26. The fourth-order valence-electron chi connectivity index (χ4n) is 4.48. The third kappa shape index (κ3) is 5.20. The number of aryl methyl sites for hydroxylation is 2. The largest absolute Gasteiger partial charge is 0.465 e. The summed E-state index contributed by atoms with van der Waals surface area (Å²) in [6.07, 6.45) is 0. The highest BCUT2D eigenvalue weighted by molar-refractivity contribution is 6.03. The van der Waals surface area contributed by atoms with Gasteiger partial charge in [0, 0.05) is 36.4 Å². The fourth-order valence-corrected chi connectivity index (χ4v) is 4.48. The molecular formula is C30H23N5O6. The number of carbonyl (C=O) groups is 1. The van der Waals surface area contributed by atoms with Crippen LogP contribution in [0.1, 0.15) is 27.7 Å². The third-order valence-electron chi connectivity index (χ3n) is 6.42. The Bertz CT molecular complexity index is 1950. The minimum Gasteiger partial charge on any atom is -0.465 e. The number of methoxy groups -OCH3 is 1. The first-order chi connectivity index (χ1) is 19.9. The Balaban J connectivity index is 1.35. The maximum atomic E-state index is 13.2. The molecule has 3 aromatic heterocycles. The van der Waals surface area contributed by atoms with Crippen LogP contribution in [0.25, 0.3) is 33.7 Å². The monoisotopic (exact) mass is 549 g/mol. The van der Waals surface area contributed by atoms with Gasteiger partial charge in [-0.15, -0.1) is 0 Å². The van der Waals surface area contributed by atoms with E-state index in [0.29, 0.717) is 45.8 Å². The van der Waals surface area contributed by atoms with Gasteiger partial charge < -0.3 is 23.1 Å². The third-order valence-corrected chi connectivity index (χ3v) is 6.42. The van der Waals surface area contributed by atoms with Crippen molar-refractivity contribution in [1.29, 1.82) is 0 Å². The molecule has 0 fully saturated rings. The van der Waals surface area contributed by atoms with Crippen LogP contribution in [0.2, 0.25) is 0 Å². The summed E-state index contributed by atoms with van der Waals surface area (Å²) in [6.45, 7) is 3.72. The highest BCUT2D eigenvalue weighted by Crippen LogP contribution is 2.30. The van der Waals surface area contributed by atoms with Gasteiger partial charge in [-0.25, -0.2) is 4.79 Å². The van der Waals surface area contributed by atoms with E-state index in [0.717, 1.165) is 16.7 Å². The summed E-state index contributed by atoms with van der Waals surface area (Å²) >= 11 is 0. The van der Waals surface area contributed by atoms with Gasteiger partial charge in [-0.1, -0.05) is 46.7 Å². The summed E-state index contributed by atoms with van der Waals surface area (Å²) in [6, 6.07) is 21.3. The zero-order valence-electron chi connectivity index (χ0n) is 22.3. The van der Waals surface area contributed by atoms with E-state index in [9.17, 15) is 9.59 Å². The molecule has 204 valence electrons. The van der Waals surface area contributed by atoms with Crippen molar-refractivity contribution in [3.8, 4) is 34.3 Å². The molecule has 0 saturated heterocycles. The number of rotatable bonds is 7.